The predicted octanol–water partition coefficient (Wildman–Crippen LogP) is 6.62. The van der Waals surface area contributed by atoms with Crippen molar-refractivity contribution in [1.82, 2.24) is 0 Å². The molecule has 180 valence electrons. The number of allylic oxidation sites excluding steroid dienone is 1. The van der Waals surface area contributed by atoms with E-state index in [0.717, 1.165) is 38.4 Å². The molecule has 0 saturated heterocycles. The van der Waals surface area contributed by atoms with Gasteiger partial charge >= 0.3 is 15.5 Å². The Morgan fingerprint density at radius 1 is 0.912 bits per heavy atom. The van der Waals surface area contributed by atoms with E-state index in [1.54, 1.807) is 47.8 Å². The molecule has 1 aromatic rings. The highest BCUT2D eigenvalue weighted by Gasteiger charge is 2.51. The van der Waals surface area contributed by atoms with Gasteiger partial charge < -0.3 is 4.90 Å². The molecule has 1 aliphatic heterocycles. The molecule has 0 N–H and O–H groups in total. The molecule has 0 saturated carbocycles. The molecule has 0 aromatic heterocycles. The van der Waals surface area contributed by atoms with E-state index < -0.39 is 21.4 Å². The van der Waals surface area contributed by atoms with Gasteiger partial charge in [0.25, 0.3) is 0 Å². The minimum absolute atomic E-state index is 0.0112. The molecule has 10 heteroatoms. The molecule has 3 aliphatic rings. The van der Waals surface area contributed by atoms with E-state index in [1.165, 1.54) is 6.07 Å². The molecule has 1 heterocycles. The maximum Gasteiger partial charge on any atom is 0.517 e. The lowest BCUT2D eigenvalue weighted by atomic mass is 9.89. The number of thioether (sulfide) groups is 2. The van der Waals surface area contributed by atoms with Crippen molar-refractivity contribution in [2.75, 3.05) is 35.8 Å². The van der Waals surface area contributed by atoms with Crippen LogP contribution in [0.15, 0.2) is 70.6 Å². The van der Waals surface area contributed by atoms with Gasteiger partial charge in [-0.05, 0) is 53.0 Å². The van der Waals surface area contributed by atoms with E-state index >= 15 is 0 Å². The molecule has 34 heavy (non-hydrogen) atoms. The zero-order valence-electron chi connectivity index (χ0n) is 18.9. The molecule has 0 spiro atoms. The van der Waals surface area contributed by atoms with E-state index in [1.807, 2.05) is 43.6 Å². The number of anilines is 2. The average Bonchev–Trinajstić information content (AvgIpc) is 2.92. The lowest BCUT2D eigenvalue weighted by Gasteiger charge is -2.31. The van der Waals surface area contributed by atoms with Crippen molar-refractivity contribution in [3.8, 4) is 11.1 Å². The number of hydrogen-bond acceptors (Lipinski definition) is 5. The summed E-state index contributed by atoms with van der Waals surface area (Å²) in [5, 5.41) is 0. The van der Waals surface area contributed by atoms with Gasteiger partial charge in [-0.25, -0.2) is 4.31 Å². The summed E-state index contributed by atoms with van der Waals surface area (Å²) in [5.74, 6) is -0.396. The standard InChI is InChI=1S/C24H23F3N2O2S3/c1-28(2)15-9-11-18-19(12-10-15)23(33-4)21(22(18)32-3)17-13-14-29(34(30,31)24(25,26)27)20-8-6-5-7-16(17)20/h5-14,17H,1-4H3. The van der Waals surface area contributed by atoms with E-state index in [4.69, 9.17) is 0 Å². The molecule has 1 unspecified atom stereocenters. The number of halogens is 3. The zero-order valence-corrected chi connectivity index (χ0v) is 21.4. The summed E-state index contributed by atoms with van der Waals surface area (Å²) in [6.07, 6.45) is 6.53. The predicted molar refractivity (Wildman–Crippen MR) is 136 cm³/mol. The Morgan fingerprint density at radius 3 is 1.97 bits per heavy atom. The third-order valence-corrected chi connectivity index (χ3v) is 8.94. The van der Waals surface area contributed by atoms with Crippen molar-refractivity contribution >= 4 is 44.9 Å². The molecule has 0 fully saturated rings. The summed E-state index contributed by atoms with van der Waals surface area (Å²) in [5.41, 5.74) is -0.755. The largest absolute Gasteiger partial charge is 0.517 e. The Kier molecular flexibility index (Phi) is 6.61. The van der Waals surface area contributed by atoms with Crippen LogP contribution in [0.4, 0.5) is 24.5 Å². The number of nitrogens with zero attached hydrogens (tertiary/aromatic N) is 2. The number of fused-ring (bicyclic) bond motifs is 2. The molecule has 0 radical (unpaired) electrons. The van der Waals surface area contributed by atoms with E-state index in [0.29, 0.717) is 9.87 Å². The van der Waals surface area contributed by atoms with Crippen molar-refractivity contribution in [3.05, 3.63) is 71.9 Å². The van der Waals surface area contributed by atoms with Crippen LogP contribution in [0.25, 0.3) is 11.1 Å². The monoisotopic (exact) mass is 524 g/mol. The van der Waals surface area contributed by atoms with Crippen LogP contribution in [0.1, 0.15) is 17.0 Å². The van der Waals surface area contributed by atoms with Crippen LogP contribution in [0, 0.1) is 0 Å². The quantitative estimate of drug-likeness (QED) is 0.351. The Balaban J connectivity index is 1.96. The van der Waals surface area contributed by atoms with Crippen molar-refractivity contribution in [3.63, 3.8) is 0 Å². The van der Waals surface area contributed by atoms with Crippen molar-refractivity contribution in [1.29, 1.82) is 0 Å². The third-order valence-electron chi connectivity index (χ3n) is 5.82. The summed E-state index contributed by atoms with van der Waals surface area (Å²) in [6, 6.07) is 14.6. The number of para-hydroxylation sites is 1. The zero-order chi connectivity index (χ0) is 24.8. The summed E-state index contributed by atoms with van der Waals surface area (Å²) in [7, 11) is -1.62. The molecule has 1 aromatic carbocycles. The van der Waals surface area contributed by atoms with Crippen LogP contribution in [0.3, 0.4) is 0 Å². The number of hydrogen-bond donors (Lipinski definition) is 0. The molecule has 1 atom stereocenters. The fraction of sp³-hybridized carbons (Fsp3) is 0.250. The molecule has 0 amide bonds. The fourth-order valence-corrected chi connectivity index (χ4v) is 6.89. The lowest BCUT2D eigenvalue weighted by Crippen LogP contribution is -2.39. The van der Waals surface area contributed by atoms with Gasteiger partial charge in [-0.15, -0.1) is 23.5 Å². The Morgan fingerprint density at radius 2 is 1.47 bits per heavy atom. The van der Waals surface area contributed by atoms with Crippen LogP contribution in [-0.2, 0) is 10.0 Å². The molecule has 0 bridgehead atoms. The van der Waals surface area contributed by atoms with Crippen LogP contribution in [-0.4, -0.2) is 40.5 Å². The van der Waals surface area contributed by atoms with Gasteiger partial charge in [0.15, 0.2) is 0 Å². The van der Waals surface area contributed by atoms with E-state index in [2.05, 4.69) is 12.1 Å². The highest BCUT2D eigenvalue weighted by molar-refractivity contribution is 7.99. The second kappa shape index (κ2) is 9.05. The van der Waals surface area contributed by atoms with Crippen LogP contribution in [0.5, 0.6) is 0 Å². The first-order chi connectivity index (χ1) is 16.0. The Bertz CT molecular complexity index is 1300. The van der Waals surface area contributed by atoms with Gasteiger partial charge in [-0.1, -0.05) is 36.4 Å². The summed E-state index contributed by atoms with van der Waals surface area (Å²) in [6.45, 7) is 0. The Hall–Kier alpha value is -2.30. The second-order valence-corrected chi connectivity index (χ2v) is 11.4. The third kappa shape index (κ3) is 3.95. The van der Waals surface area contributed by atoms with Gasteiger partial charge in [0.2, 0.25) is 0 Å². The van der Waals surface area contributed by atoms with Crippen molar-refractivity contribution in [2.45, 2.75) is 21.2 Å². The molecular formula is C24H23F3N2O2S3. The fourth-order valence-electron chi connectivity index (χ4n) is 4.25. The SMILES string of the molecule is CSc1c2ccc(N(C)C)ccc-2c(SC)c1C1C=CN(S(=O)(=O)C(F)(F)F)c2ccccc21. The number of rotatable bonds is 5. The first-order valence-electron chi connectivity index (χ1n) is 10.3. The molecule has 2 aliphatic carbocycles. The lowest BCUT2D eigenvalue weighted by molar-refractivity contribution is -0.0436. The molecule has 4 rings (SSSR count). The minimum atomic E-state index is -5.56. The summed E-state index contributed by atoms with van der Waals surface area (Å²) < 4.78 is 64.9. The van der Waals surface area contributed by atoms with E-state index in [9.17, 15) is 21.6 Å². The van der Waals surface area contributed by atoms with Gasteiger partial charge in [-0.2, -0.15) is 21.6 Å². The topological polar surface area (TPSA) is 40.6 Å². The number of alkyl halides is 3. The molecule has 4 nitrogen and oxygen atoms in total. The van der Waals surface area contributed by atoms with Crippen molar-refractivity contribution < 1.29 is 21.6 Å². The first kappa shape index (κ1) is 24.8. The minimum Gasteiger partial charge on any atom is -0.378 e. The number of sulfonamides is 1. The maximum atomic E-state index is 13.4. The summed E-state index contributed by atoms with van der Waals surface area (Å²) in [4.78, 5) is 4.07. The maximum absolute atomic E-state index is 13.4. The van der Waals surface area contributed by atoms with E-state index in [-0.39, 0.29) is 5.69 Å². The smallest absolute Gasteiger partial charge is 0.378 e. The average molecular weight is 525 g/mol. The number of benzene rings is 1. The van der Waals surface area contributed by atoms with Crippen LogP contribution in [0.2, 0.25) is 0 Å². The van der Waals surface area contributed by atoms with Crippen LogP contribution >= 0.6 is 23.5 Å². The van der Waals surface area contributed by atoms with Gasteiger partial charge in [0.1, 0.15) is 0 Å². The summed E-state index contributed by atoms with van der Waals surface area (Å²) >= 11 is 3.15. The van der Waals surface area contributed by atoms with Crippen molar-refractivity contribution in [2.24, 2.45) is 0 Å². The first-order valence-corrected chi connectivity index (χ1v) is 14.1. The second-order valence-electron chi connectivity index (χ2n) is 7.92. The normalized spacial score (nSPS) is 16.1. The van der Waals surface area contributed by atoms with Gasteiger partial charge in [0, 0.05) is 41.7 Å². The van der Waals surface area contributed by atoms with Gasteiger partial charge in [-0.3, -0.25) is 0 Å². The highest BCUT2D eigenvalue weighted by atomic mass is 32.2. The Labute approximate surface area is 206 Å². The molecular weight excluding hydrogens is 501 g/mol. The van der Waals surface area contributed by atoms with Crippen LogP contribution < -0.4 is 9.21 Å². The van der Waals surface area contributed by atoms with Gasteiger partial charge in [0.05, 0.1) is 5.69 Å². The highest BCUT2D eigenvalue weighted by Crippen LogP contribution is 2.53.